The fourth-order valence-corrected chi connectivity index (χ4v) is 7.00. The van der Waals surface area contributed by atoms with E-state index in [1.54, 1.807) is 74.7 Å². The normalized spacial score (nSPS) is 14.1. The molecule has 11 heteroatoms. The number of nitrogens with zero attached hydrogens (tertiary/aromatic N) is 2. The van der Waals surface area contributed by atoms with Crippen LogP contribution in [0.4, 0.5) is 5.69 Å². The number of ether oxygens (including phenoxy) is 2. The first-order valence-corrected chi connectivity index (χ1v) is 17.4. The van der Waals surface area contributed by atoms with E-state index in [2.05, 4.69) is 5.32 Å². The summed E-state index contributed by atoms with van der Waals surface area (Å²) in [4.78, 5) is 30.0. The highest BCUT2D eigenvalue weighted by atomic mass is 32.2. The van der Waals surface area contributed by atoms with Gasteiger partial charge < -0.3 is 19.7 Å². The van der Waals surface area contributed by atoms with Crippen LogP contribution in [0.25, 0.3) is 0 Å². The number of benzene rings is 3. The van der Waals surface area contributed by atoms with Gasteiger partial charge in [-0.05, 0) is 99.2 Å². The Bertz CT molecular complexity index is 1490. The first kappa shape index (κ1) is 33.2. The maximum absolute atomic E-state index is 14.2. The van der Waals surface area contributed by atoms with E-state index in [1.165, 1.54) is 16.7 Å². The molecule has 0 radical (unpaired) electrons. The summed E-state index contributed by atoms with van der Waals surface area (Å²) in [5, 5.41) is 3.09. The van der Waals surface area contributed by atoms with Crippen LogP contribution in [0.2, 0.25) is 0 Å². The first-order valence-electron chi connectivity index (χ1n) is 14.8. The lowest BCUT2D eigenvalue weighted by Crippen LogP contribution is -2.52. The van der Waals surface area contributed by atoms with Crippen LogP contribution in [-0.2, 0) is 26.2 Å². The highest BCUT2D eigenvalue weighted by molar-refractivity contribution is 7.98. The number of methoxy groups -OCH3 is 1. The predicted octanol–water partition coefficient (Wildman–Crippen LogP) is 5.49. The molecular formula is C33H41N3O6S2. The van der Waals surface area contributed by atoms with E-state index in [1.807, 2.05) is 25.3 Å². The van der Waals surface area contributed by atoms with Gasteiger partial charge >= 0.3 is 0 Å². The molecular weight excluding hydrogens is 599 g/mol. The lowest BCUT2D eigenvalue weighted by molar-refractivity contribution is -0.139. The molecule has 3 aromatic rings. The number of anilines is 1. The van der Waals surface area contributed by atoms with E-state index < -0.39 is 28.5 Å². The summed E-state index contributed by atoms with van der Waals surface area (Å²) in [7, 11) is -2.59. The summed E-state index contributed by atoms with van der Waals surface area (Å²) in [6.07, 6.45) is 5.84. The Kier molecular flexibility index (Phi) is 11.6. The average molecular weight is 640 g/mol. The number of carbonyl (C=O) groups is 2. The van der Waals surface area contributed by atoms with E-state index in [9.17, 15) is 18.0 Å². The predicted molar refractivity (Wildman–Crippen MR) is 174 cm³/mol. The Morgan fingerprint density at radius 3 is 2.14 bits per heavy atom. The summed E-state index contributed by atoms with van der Waals surface area (Å²) < 4.78 is 40.1. The van der Waals surface area contributed by atoms with Crippen molar-refractivity contribution in [2.24, 2.45) is 0 Å². The molecule has 4 rings (SSSR count). The van der Waals surface area contributed by atoms with E-state index in [0.717, 1.165) is 40.4 Å². The Morgan fingerprint density at radius 2 is 1.57 bits per heavy atom. The number of carbonyl (C=O) groups excluding carboxylic acids is 2. The Labute approximate surface area is 265 Å². The van der Waals surface area contributed by atoms with Gasteiger partial charge in [0, 0.05) is 17.5 Å². The van der Waals surface area contributed by atoms with E-state index in [-0.39, 0.29) is 23.4 Å². The third-order valence-corrected chi connectivity index (χ3v) is 10.3. The Hall–Kier alpha value is -3.70. The summed E-state index contributed by atoms with van der Waals surface area (Å²) in [5.74, 6) is 0.483. The fraction of sp³-hybridized carbons (Fsp3) is 0.394. The van der Waals surface area contributed by atoms with Crippen molar-refractivity contribution in [1.82, 2.24) is 10.2 Å². The average Bonchev–Trinajstić information content (AvgIpc) is 3.56. The molecule has 1 unspecified atom stereocenters. The monoisotopic (exact) mass is 639 g/mol. The van der Waals surface area contributed by atoms with Crippen LogP contribution in [-0.4, -0.2) is 63.7 Å². The molecule has 0 aliphatic heterocycles. The van der Waals surface area contributed by atoms with Gasteiger partial charge in [0.05, 0.1) is 24.3 Å². The maximum Gasteiger partial charge on any atom is 0.264 e. The molecule has 0 bridgehead atoms. The third kappa shape index (κ3) is 8.26. The SMILES string of the molecule is CCOc1ccc(N(CC(=O)N(Cc2ccc(OC)cc2)C(C)C(=O)NC2CCCC2)S(=O)(=O)c2ccc(SC)cc2)cc1. The van der Waals surface area contributed by atoms with Gasteiger partial charge in [-0.25, -0.2) is 8.42 Å². The van der Waals surface area contributed by atoms with Gasteiger partial charge in [-0.1, -0.05) is 25.0 Å². The molecule has 1 aliphatic rings. The fourth-order valence-electron chi connectivity index (χ4n) is 5.18. The molecule has 1 atom stereocenters. The smallest absolute Gasteiger partial charge is 0.264 e. The second-order valence-electron chi connectivity index (χ2n) is 10.6. The first-order chi connectivity index (χ1) is 21.2. The van der Waals surface area contributed by atoms with Crippen molar-refractivity contribution >= 4 is 39.3 Å². The van der Waals surface area contributed by atoms with Gasteiger partial charge in [0.2, 0.25) is 11.8 Å². The molecule has 1 aliphatic carbocycles. The van der Waals surface area contributed by atoms with Gasteiger partial charge in [0.1, 0.15) is 24.1 Å². The molecule has 1 N–H and O–H groups in total. The van der Waals surface area contributed by atoms with E-state index in [0.29, 0.717) is 23.8 Å². The number of rotatable bonds is 14. The summed E-state index contributed by atoms with van der Waals surface area (Å²) in [6, 6.07) is 19.6. The lowest BCUT2D eigenvalue weighted by Gasteiger charge is -2.32. The van der Waals surface area contributed by atoms with Gasteiger partial charge in [-0.3, -0.25) is 13.9 Å². The molecule has 1 saturated carbocycles. The van der Waals surface area contributed by atoms with Crippen LogP contribution in [0.1, 0.15) is 45.1 Å². The van der Waals surface area contributed by atoms with Crippen LogP contribution in [0.15, 0.2) is 82.6 Å². The van der Waals surface area contributed by atoms with Gasteiger partial charge in [-0.15, -0.1) is 11.8 Å². The quantitative estimate of drug-likeness (QED) is 0.233. The topological polar surface area (TPSA) is 105 Å². The molecule has 1 fully saturated rings. The minimum Gasteiger partial charge on any atom is -0.497 e. The molecule has 0 saturated heterocycles. The molecule has 2 amide bonds. The number of sulfonamides is 1. The summed E-state index contributed by atoms with van der Waals surface area (Å²) in [6.45, 7) is 3.62. The van der Waals surface area contributed by atoms with Crippen LogP contribution in [0.5, 0.6) is 11.5 Å². The second kappa shape index (κ2) is 15.3. The number of amides is 2. The molecule has 0 spiro atoms. The van der Waals surface area contributed by atoms with Crippen LogP contribution < -0.4 is 19.1 Å². The second-order valence-corrected chi connectivity index (χ2v) is 13.4. The van der Waals surface area contributed by atoms with Crippen molar-refractivity contribution in [3.63, 3.8) is 0 Å². The number of thioether (sulfide) groups is 1. The largest absolute Gasteiger partial charge is 0.497 e. The van der Waals surface area contributed by atoms with Crippen molar-refractivity contribution in [2.75, 3.05) is 30.8 Å². The maximum atomic E-state index is 14.2. The standard InChI is InChI=1S/C33H41N3O6S2/c1-5-42-29-16-12-27(13-17-29)36(44(39,40)31-20-18-30(43-4)19-21-31)23-32(37)35(22-25-10-14-28(41-3)15-11-25)24(2)33(38)34-26-8-6-7-9-26/h10-21,24,26H,5-9,22-23H2,1-4H3,(H,34,38). The van der Waals surface area contributed by atoms with Crippen molar-refractivity contribution in [1.29, 1.82) is 0 Å². The summed E-state index contributed by atoms with van der Waals surface area (Å²) in [5.41, 5.74) is 1.09. The van der Waals surface area contributed by atoms with E-state index >= 15 is 0 Å². The highest BCUT2D eigenvalue weighted by Crippen LogP contribution is 2.28. The molecule has 0 heterocycles. The Balaban J connectivity index is 1.68. The molecule has 0 aromatic heterocycles. The number of hydrogen-bond acceptors (Lipinski definition) is 7. The number of hydrogen-bond donors (Lipinski definition) is 1. The van der Waals surface area contributed by atoms with Gasteiger partial charge in [0.25, 0.3) is 10.0 Å². The molecule has 44 heavy (non-hydrogen) atoms. The molecule has 3 aromatic carbocycles. The van der Waals surface area contributed by atoms with Crippen molar-refractivity contribution < 1.29 is 27.5 Å². The lowest BCUT2D eigenvalue weighted by atomic mass is 10.1. The van der Waals surface area contributed by atoms with Crippen molar-refractivity contribution in [3.8, 4) is 11.5 Å². The minimum absolute atomic E-state index is 0.0608. The molecule has 9 nitrogen and oxygen atoms in total. The van der Waals surface area contributed by atoms with Crippen LogP contribution in [0, 0.1) is 0 Å². The van der Waals surface area contributed by atoms with E-state index in [4.69, 9.17) is 9.47 Å². The zero-order valence-corrected chi connectivity index (χ0v) is 27.3. The van der Waals surface area contributed by atoms with Crippen LogP contribution in [0.3, 0.4) is 0 Å². The van der Waals surface area contributed by atoms with Crippen molar-refractivity contribution in [3.05, 3.63) is 78.4 Å². The minimum atomic E-state index is -4.16. The highest BCUT2D eigenvalue weighted by Gasteiger charge is 2.33. The van der Waals surface area contributed by atoms with Crippen molar-refractivity contribution in [2.45, 2.75) is 68.0 Å². The number of nitrogens with one attached hydrogen (secondary N) is 1. The zero-order valence-electron chi connectivity index (χ0n) is 25.7. The molecule has 236 valence electrons. The Morgan fingerprint density at radius 1 is 0.955 bits per heavy atom. The van der Waals surface area contributed by atoms with Crippen LogP contribution >= 0.6 is 11.8 Å². The van der Waals surface area contributed by atoms with Gasteiger partial charge in [-0.2, -0.15) is 0 Å². The van der Waals surface area contributed by atoms with Gasteiger partial charge in [0.15, 0.2) is 0 Å². The summed E-state index contributed by atoms with van der Waals surface area (Å²) >= 11 is 1.50. The zero-order chi connectivity index (χ0) is 31.7. The third-order valence-electron chi connectivity index (χ3n) is 7.74.